The minimum atomic E-state index is -1.29. The molecule has 1 heterocycles. The average Bonchev–Trinajstić information content (AvgIpc) is 3.30. The molecular formula is C18H25FN2O2. The lowest BCUT2D eigenvalue weighted by Gasteiger charge is -2.40. The van der Waals surface area contributed by atoms with Gasteiger partial charge in [-0.15, -0.1) is 0 Å². The molecule has 0 radical (unpaired) electrons. The van der Waals surface area contributed by atoms with Gasteiger partial charge >= 0.3 is 0 Å². The quantitative estimate of drug-likeness (QED) is 0.872. The molecule has 0 spiro atoms. The first-order chi connectivity index (χ1) is 11.0. The van der Waals surface area contributed by atoms with E-state index in [1.54, 1.807) is 12.1 Å². The molecule has 1 atom stereocenters. The monoisotopic (exact) mass is 320 g/mol. The maximum Gasteiger partial charge on any atom is 0.255 e. The van der Waals surface area contributed by atoms with Crippen molar-refractivity contribution in [3.8, 4) is 0 Å². The van der Waals surface area contributed by atoms with Gasteiger partial charge in [-0.3, -0.25) is 9.69 Å². The number of likely N-dealkylation sites (tertiary alicyclic amines) is 1. The molecule has 126 valence electrons. The Balaban J connectivity index is 1.59. The van der Waals surface area contributed by atoms with Crippen LogP contribution in [-0.2, 0) is 11.3 Å². The Morgan fingerprint density at radius 1 is 1.35 bits per heavy atom. The smallest absolute Gasteiger partial charge is 0.255 e. The Labute approximate surface area is 136 Å². The van der Waals surface area contributed by atoms with E-state index < -0.39 is 5.60 Å². The van der Waals surface area contributed by atoms with Crippen molar-refractivity contribution in [2.24, 2.45) is 5.92 Å². The van der Waals surface area contributed by atoms with Crippen molar-refractivity contribution in [3.05, 3.63) is 35.6 Å². The van der Waals surface area contributed by atoms with E-state index in [1.165, 1.54) is 25.0 Å². The maximum absolute atomic E-state index is 13.0. The molecule has 0 bridgehead atoms. The number of halogens is 1. The van der Waals surface area contributed by atoms with Crippen LogP contribution in [0, 0.1) is 11.7 Å². The largest absolute Gasteiger partial charge is 0.379 e. The van der Waals surface area contributed by atoms with Crippen LogP contribution in [0.4, 0.5) is 4.39 Å². The molecular weight excluding hydrogens is 295 g/mol. The Morgan fingerprint density at radius 3 is 2.70 bits per heavy atom. The van der Waals surface area contributed by atoms with Gasteiger partial charge in [0.1, 0.15) is 5.82 Å². The molecule has 3 rings (SSSR count). The lowest BCUT2D eigenvalue weighted by atomic mass is 9.91. The van der Waals surface area contributed by atoms with Gasteiger partial charge in [-0.25, -0.2) is 4.39 Å². The van der Waals surface area contributed by atoms with Crippen LogP contribution in [0.5, 0.6) is 0 Å². The Morgan fingerprint density at radius 2 is 2.04 bits per heavy atom. The van der Waals surface area contributed by atoms with Crippen LogP contribution >= 0.6 is 0 Å². The van der Waals surface area contributed by atoms with E-state index in [-0.39, 0.29) is 11.7 Å². The molecule has 1 aromatic carbocycles. The van der Waals surface area contributed by atoms with Crippen molar-refractivity contribution in [2.45, 2.75) is 37.8 Å². The highest BCUT2D eigenvalue weighted by Crippen LogP contribution is 2.32. The molecule has 1 saturated heterocycles. The third-order valence-electron chi connectivity index (χ3n) is 4.78. The summed E-state index contributed by atoms with van der Waals surface area (Å²) in [5.41, 5.74) is -0.322. The molecule has 0 aromatic heterocycles. The van der Waals surface area contributed by atoms with Crippen LogP contribution in [0.3, 0.4) is 0 Å². The lowest BCUT2D eigenvalue weighted by molar-refractivity contribution is -0.159. The fourth-order valence-electron chi connectivity index (χ4n) is 3.40. The van der Waals surface area contributed by atoms with Gasteiger partial charge < -0.3 is 10.0 Å². The number of rotatable bonds is 6. The predicted molar refractivity (Wildman–Crippen MR) is 86.2 cm³/mol. The summed E-state index contributed by atoms with van der Waals surface area (Å²) >= 11 is 0. The Kier molecular flexibility index (Phi) is 4.69. The van der Waals surface area contributed by atoms with Gasteiger partial charge in [0.05, 0.1) is 0 Å². The second-order valence-electron chi connectivity index (χ2n) is 7.13. The van der Waals surface area contributed by atoms with E-state index in [2.05, 4.69) is 0 Å². The molecule has 1 saturated carbocycles. The minimum Gasteiger partial charge on any atom is -0.379 e. The predicted octanol–water partition coefficient (Wildman–Crippen LogP) is 2.02. The molecule has 23 heavy (non-hydrogen) atoms. The summed E-state index contributed by atoms with van der Waals surface area (Å²) in [5, 5.41) is 10.8. The standard InChI is InChI=1S/C18H25FN2O2/c1-20(11-14-5-7-16(19)8-6-14)13-18(23)9-2-10-21(17(18)22)12-15-3-4-15/h5-8,15,23H,2-4,9-13H2,1H3. The number of carbonyl (C=O) groups excluding carboxylic acids is 1. The van der Waals surface area contributed by atoms with Crippen molar-refractivity contribution in [2.75, 3.05) is 26.7 Å². The van der Waals surface area contributed by atoms with Crippen molar-refractivity contribution < 1.29 is 14.3 Å². The number of hydrogen-bond acceptors (Lipinski definition) is 3. The SMILES string of the molecule is CN(Cc1ccc(F)cc1)CC1(O)CCCN(CC2CC2)C1=O. The molecule has 2 fully saturated rings. The number of aliphatic hydroxyl groups is 1. The van der Waals surface area contributed by atoms with Gasteiger partial charge in [-0.05, 0) is 56.3 Å². The Bertz CT molecular complexity index is 559. The topological polar surface area (TPSA) is 43.8 Å². The van der Waals surface area contributed by atoms with E-state index in [1.807, 2.05) is 16.8 Å². The number of piperidine rings is 1. The zero-order valence-electron chi connectivity index (χ0n) is 13.7. The molecule has 1 aliphatic carbocycles. The molecule has 1 amide bonds. The molecule has 1 aliphatic heterocycles. The number of nitrogens with zero attached hydrogens (tertiary/aromatic N) is 2. The second-order valence-corrected chi connectivity index (χ2v) is 7.13. The van der Waals surface area contributed by atoms with Gasteiger partial charge in [0.2, 0.25) is 0 Å². The van der Waals surface area contributed by atoms with Crippen molar-refractivity contribution in [1.29, 1.82) is 0 Å². The number of carbonyl (C=O) groups is 1. The van der Waals surface area contributed by atoms with Gasteiger partial charge in [-0.2, -0.15) is 0 Å². The third-order valence-corrected chi connectivity index (χ3v) is 4.78. The molecule has 1 N–H and O–H groups in total. The van der Waals surface area contributed by atoms with Crippen LogP contribution in [0.15, 0.2) is 24.3 Å². The highest BCUT2D eigenvalue weighted by Gasteiger charge is 2.43. The summed E-state index contributed by atoms with van der Waals surface area (Å²) in [6.45, 7) is 2.45. The van der Waals surface area contributed by atoms with Crippen LogP contribution in [0.1, 0.15) is 31.2 Å². The highest BCUT2D eigenvalue weighted by molar-refractivity contribution is 5.86. The van der Waals surface area contributed by atoms with E-state index in [4.69, 9.17) is 0 Å². The van der Waals surface area contributed by atoms with Crippen molar-refractivity contribution in [1.82, 2.24) is 9.80 Å². The number of hydrogen-bond donors (Lipinski definition) is 1. The van der Waals surface area contributed by atoms with Crippen LogP contribution in [0.2, 0.25) is 0 Å². The second kappa shape index (κ2) is 6.57. The van der Waals surface area contributed by atoms with E-state index >= 15 is 0 Å². The first kappa shape index (κ1) is 16.4. The summed E-state index contributed by atoms with van der Waals surface area (Å²) in [5.74, 6) is 0.257. The van der Waals surface area contributed by atoms with Crippen LogP contribution in [-0.4, -0.2) is 53.1 Å². The molecule has 1 unspecified atom stereocenters. The van der Waals surface area contributed by atoms with Gasteiger partial charge in [0, 0.05) is 26.2 Å². The van der Waals surface area contributed by atoms with Gasteiger partial charge in [0.15, 0.2) is 5.60 Å². The highest BCUT2D eigenvalue weighted by atomic mass is 19.1. The molecule has 2 aliphatic rings. The van der Waals surface area contributed by atoms with Gasteiger partial charge in [-0.1, -0.05) is 12.1 Å². The van der Waals surface area contributed by atoms with Crippen molar-refractivity contribution in [3.63, 3.8) is 0 Å². The molecule has 4 nitrogen and oxygen atoms in total. The van der Waals surface area contributed by atoms with Crippen LogP contribution < -0.4 is 0 Å². The summed E-state index contributed by atoms with van der Waals surface area (Å²) in [7, 11) is 1.88. The number of amides is 1. The summed E-state index contributed by atoms with van der Waals surface area (Å²) in [6.07, 6.45) is 3.76. The van der Waals surface area contributed by atoms with Crippen molar-refractivity contribution >= 4 is 5.91 Å². The van der Waals surface area contributed by atoms with Gasteiger partial charge in [0.25, 0.3) is 5.91 Å². The fourth-order valence-corrected chi connectivity index (χ4v) is 3.40. The lowest BCUT2D eigenvalue weighted by Crippen LogP contribution is -2.58. The normalized spacial score (nSPS) is 25.2. The number of benzene rings is 1. The van der Waals surface area contributed by atoms with E-state index in [9.17, 15) is 14.3 Å². The summed E-state index contributed by atoms with van der Waals surface area (Å²) in [4.78, 5) is 16.4. The first-order valence-electron chi connectivity index (χ1n) is 8.41. The first-order valence-corrected chi connectivity index (χ1v) is 8.41. The summed E-state index contributed by atoms with van der Waals surface area (Å²) in [6, 6.07) is 6.33. The zero-order chi connectivity index (χ0) is 16.4. The van der Waals surface area contributed by atoms with E-state index in [0.717, 1.165) is 25.1 Å². The van der Waals surface area contributed by atoms with E-state index in [0.29, 0.717) is 25.4 Å². The zero-order valence-corrected chi connectivity index (χ0v) is 13.7. The summed E-state index contributed by atoms with van der Waals surface area (Å²) < 4.78 is 13.0. The number of likely N-dealkylation sites (N-methyl/N-ethyl adjacent to an activating group) is 1. The maximum atomic E-state index is 13.0. The van der Waals surface area contributed by atoms with Crippen LogP contribution in [0.25, 0.3) is 0 Å². The third kappa shape index (κ3) is 4.09. The average molecular weight is 320 g/mol. The fraction of sp³-hybridized carbons (Fsp3) is 0.611. The molecule has 1 aromatic rings. The Hall–Kier alpha value is -1.46. The molecule has 5 heteroatoms. The minimum absolute atomic E-state index is 0.124.